The molecule has 0 aliphatic carbocycles. The molecule has 2 heterocycles. The Morgan fingerprint density at radius 1 is 0.638 bits per heavy atom. The molecular formula is C40H46N2O5. The highest BCUT2D eigenvalue weighted by molar-refractivity contribution is 5.73. The van der Waals surface area contributed by atoms with E-state index in [1.165, 1.54) is 33.4 Å². The highest BCUT2D eigenvalue weighted by Crippen LogP contribution is 2.27. The lowest BCUT2D eigenvalue weighted by molar-refractivity contribution is -0.130. The van der Waals surface area contributed by atoms with E-state index in [1.807, 2.05) is 4.90 Å². The minimum atomic E-state index is 0.0518. The number of aryl methyl sites for hydroxylation is 1. The van der Waals surface area contributed by atoms with Crippen LogP contribution in [0.3, 0.4) is 0 Å². The Bertz CT molecular complexity index is 1650. The molecule has 0 radical (unpaired) electrons. The van der Waals surface area contributed by atoms with Gasteiger partial charge in [-0.1, -0.05) is 78.4 Å². The fraction of sp³-hybridized carbons (Fsp3) is 0.375. The average Bonchev–Trinajstić information content (AvgIpc) is 3.05. The summed E-state index contributed by atoms with van der Waals surface area (Å²) in [4.78, 5) is 16.6. The predicted molar refractivity (Wildman–Crippen MR) is 184 cm³/mol. The van der Waals surface area contributed by atoms with Crippen LogP contribution in [0.1, 0.15) is 51.4 Å². The molecule has 0 fully saturated rings. The molecule has 6 rings (SSSR count). The molecule has 7 heteroatoms. The molecule has 0 unspecified atom stereocenters. The van der Waals surface area contributed by atoms with Crippen molar-refractivity contribution in [1.82, 2.24) is 9.80 Å². The van der Waals surface area contributed by atoms with Gasteiger partial charge in [-0.15, -0.1) is 0 Å². The largest absolute Gasteiger partial charge is 0.491 e. The summed E-state index contributed by atoms with van der Waals surface area (Å²) in [7, 11) is 0. The minimum absolute atomic E-state index is 0.0518. The predicted octanol–water partition coefficient (Wildman–Crippen LogP) is 6.35. The van der Waals surface area contributed by atoms with E-state index < -0.39 is 0 Å². The number of amides is 1. The Hall–Kier alpha value is -4.17. The van der Waals surface area contributed by atoms with Gasteiger partial charge in [-0.2, -0.15) is 0 Å². The first kappa shape index (κ1) is 32.8. The van der Waals surface area contributed by atoms with E-state index in [4.69, 9.17) is 18.9 Å². The summed E-state index contributed by atoms with van der Waals surface area (Å²) in [6.45, 7) is 10.4. The number of hydrogen-bond acceptors (Lipinski definition) is 6. The number of benzene rings is 4. The van der Waals surface area contributed by atoms with Gasteiger partial charge in [-0.3, -0.25) is 9.69 Å². The third kappa shape index (κ3) is 9.44. The lowest BCUT2D eigenvalue weighted by Crippen LogP contribution is -2.32. The van der Waals surface area contributed by atoms with Crippen LogP contribution >= 0.6 is 0 Å². The van der Waals surface area contributed by atoms with Gasteiger partial charge in [0.25, 0.3) is 0 Å². The number of ether oxygens (including phenoxy) is 4. The number of carbonyl (C=O) groups is 1. The van der Waals surface area contributed by atoms with Crippen LogP contribution in [0.2, 0.25) is 0 Å². The van der Waals surface area contributed by atoms with Crippen LogP contribution in [0.5, 0.6) is 11.5 Å². The summed E-state index contributed by atoms with van der Waals surface area (Å²) in [5, 5.41) is 0. The SMILES string of the molecule is CC(=O)N1CCOCCOc2ccc(CN3CCOCCOc4ccc(C)cc4Cc4cccc(c4)C3)cc2Cc2cccc(c2)C1. The molecule has 7 nitrogen and oxygen atoms in total. The summed E-state index contributed by atoms with van der Waals surface area (Å²) in [5.41, 5.74) is 9.70. The zero-order valence-corrected chi connectivity index (χ0v) is 27.7. The van der Waals surface area contributed by atoms with Gasteiger partial charge in [0.1, 0.15) is 24.7 Å². The van der Waals surface area contributed by atoms with Crippen molar-refractivity contribution in [2.45, 2.75) is 46.3 Å². The Morgan fingerprint density at radius 2 is 1.23 bits per heavy atom. The molecule has 0 N–H and O–H groups in total. The molecule has 4 aromatic rings. The molecule has 0 atom stereocenters. The molecule has 4 aromatic carbocycles. The number of fused-ring (bicyclic) bond motifs is 6. The average molecular weight is 635 g/mol. The molecule has 0 saturated carbocycles. The van der Waals surface area contributed by atoms with Crippen LogP contribution in [0.15, 0.2) is 84.9 Å². The normalized spacial score (nSPS) is 16.8. The van der Waals surface area contributed by atoms with E-state index in [2.05, 4.69) is 96.8 Å². The smallest absolute Gasteiger partial charge is 0.219 e. The van der Waals surface area contributed by atoms with Crippen LogP contribution in [0.25, 0.3) is 0 Å². The summed E-state index contributed by atoms with van der Waals surface area (Å²) >= 11 is 0. The first-order valence-corrected chi connectivity index (χ1v) is 16.7. The number of rotatable bonds is 2. The number of hydrogen-bond donors (Lipinski definition) is 0. The van der Waals surface area contributed by atoms with Crippen LogP contribution < -0.4 is 9.47 Å². The topological polar surface area (TPSA) is 60.5 Å². The van der Waals surface area contributed by atoms with Crippen molar-refractivity contribution in [1.29, 1.82) is 0 Å². The van der Waals surface area contributed by atoms with Crippen molar-refractivity contribution in [3.8, 4) is 11.5 Å². The maximum Gasteiger partial charge on any atom is 0.219 e. The zero-order chi connectivity index (χ0) is 32.4. The standard InChI is InChI=1S/C40H46N2O5/c1-30-9-11-39-37(21-30)24-32-5-3-7-34(22-32)27-41(13-15-44-17-19-46-39)28-36-10-12-40-38(26-36)25-33-6-4-8-35(23-33)29-42(31(2)43)14-16-45-18-20-47-40/h3-12,21-23,26H,13-20,24-25,27-29H2,1-2H3. The fourth-order valence-corrected chi connectivity index (χ4v) is 6.41. The van der Waals surface area contributed by atoms with Crippen LogP contribution in [-0.4, -0.2) is 68.4 Å². The maximum absolute atomic E-state index is 12.3. The number of nitrogens with zero attached hydrogens (tertiary/aromatic N) is 2. The zero-order valence-electron chi connectivity index (χ0n) is 27.7. The first-order valence-electron chi connectivity index (χ1n) is 16.7. The van der Waals surface area contributed by atoms with Crippen molar-refractivity contribution in [2.75, 3.05) is 52.7 Å². The number of carbonyl (C=O) groups excluding carboxylic acids is 1. The molecule has 2 aliphatic heterocycles. The lowest BCUT2D eigenvalue weighted by Gasteiger charge is -2.24. The van der Waals surface area contributed by atoms with Crippen molar-refractivity contribution in [3.05, 3.63) is 129 Å². The Labute approximate surface area is 279 Å². The summed E-state index contributed by atoms with van der Waals surface area (Å²) in [5.74, 6) is 1.88. The van der Waals surface area contributed by atoms with Gasteiger partial charge in [0.05, 0.1) is 26.4 Å². The highest BCUT2D eigenvalue weighted by Gasteiger charge is 2.15. The van der Waals surface area contributed by atoms with Crippen LogP contribution in [0.4, 0.5) is 0 Å². The van der Waals surface area contributed by atoms with Gasteiger partial charge in [-0.05, 0) is 58.0 Å². The quantitative estimate of drug-likeness (QED) is 0.256. The van der Waals surface area contributed by atoms with Gasteiger partial charge in [-0.25, -0.2) is 0 Å². The van der Waals surface area contributed by atoms with Gasteiger partial charge in [0.15, 0.2) is 0 Å². The van der Waals surface area contributed by atoms with E-state index in [0.29, 0.717) is 52.7 Å². The van der Waals surface area contributed by atoms with E-state index in [-0.39, 0.29) is 5.91 Å². The van der Waals surface area contributed by atoms with Crippen molar-refractivity contribution in [3.63, 3.8) is 0 Å². The van der Waals surface area contributed by atoms with Gasteiger partial charge < -0.3 is 23.8 Å². The van der Waals surface area contributed by atoms with Crippen molar-refractivity contribution < 1.29 is 23.7 Å². The second-order valence-electron chi connectivity index (χ2n) is 12.6. The van der Waals surface area contributed by atoms with Crippen molar-refractivity contribution >= 4 is 5.91 Å². The monoisotopic (exact) mass is 634 g/mol. The molecule has 0 aromatic heterocycles. The second kappa shape index (κ2) is 16.1. The summed E-state index contributed by atoms with van der Waals surface area (Å²) < 4.78 is 24.3. The van der Waals surface area contributed by atoms with Crippen molar-refractivity contribution in [2.24, 2.45) is 0 Å². The molecule has 1 amide bonds. The van der Waals surface area contributed by atoms with E-state index in [1.54, 1.807) is 6.92 Å². The van der Waals surface area contributed by atoms with Crippen LogP contribution in [0, 0.1) is 6.92 Å². The Kier molecular flexibility index (Phi) is 11.2. The second-order valence-corrected chi connectivity index (χ2v) is 12.6. The molecule has 0 saturated heterocycles. The maximum atomic E-state index is 12.3. The Balaban J connectivity index is 1.23. The first-order chi connectivity index (χ1) is 23.0. The lowest BCUT2D eigenvalue weighted by atomic mass is 9.99. The van der Waals surface area contributed by atoms with Gasteiger partial charge in [0.2, 0.25) is 5.91 Å². The minimum Gasteiger partial charge on any atom is -0.491 e. The molecular weight excluding hydrogens is 588 g/mol. The Morgan fingerprint density at radius 3 is 1.91 bits per heavy atom. The molecule has 47 heavy (non-hydrogen) atoms. The van der Waals surface area contributed by atoms with Gasteiger partial charge >= 0.3 is 0 Å². The van der Waals surface area contributed by atoms with Gasteiger partial charge in [0, 0.05) is 52.5 Å². The third-order valence-corrected chi connectivity index (χ3v) is 8.77. The fourth-order valence-electron chi connectivity index (χ4n) is 6.41. The molecule has 0 spiro atoms. The molecule has 2 aliphatic rings. The van der Waals surface area contributed by atoms with E-state index in [0.717, 1.165) is 55.1 Å². The summed E-state index contributed by atoms with van der Waals surface area (Å²) in [6, 6.07) is 30.4. The molecule has 246 valence electrons. The highest BCUT2D eigenvalue weighted by atomic mass is 16.5. The molecule has 4 bridgehead atoms. The summed E-state index contributed by atoms with van der Waals surface area (Å²) in [6.07, 6.45) is 1.57. The van der Waals surface area contributed by atoms with E-state index >= 15 is 0 Å². The third-order valence-electron chi connectivity index (χ3n) is 8.77. The van der Waals surface area contributed by atoms with Crippen LogP contribution in [-0.2, 0) is 46.7 Å². The van der Waals surface area contributed by atoms with E-state index in [9.17, 15) is 4.79 Å².